The maximum absolute atomic E-state index is 14.1. The van der Waals surface area contributed by atoms with Gasteiger partial charge in [0.2, 0.25) is 0 Å². The Hall–Kier alpha value is -1.23. The molecule has 2 rings (SSSR count). The van der Waals surface area contributed by atoms with E-state index in [-0.39, 0.29) is 10.6 Å². The summed E-state index contributed by atoms with van der Waals surface area (Å²) in [6, 6.07) is 3.48. The van der Waals surface area contributed by atoms with Gasteiger partial charge in [-0.25, -0.2) is 8.78 Å². The minimum absolute atomic E-state index is 0.228. The molecule has 112 valence electrons. The van der Waals surface area contributed by atoms with Gasteiger partial charge >= 0.3 is 0 Å². The van der Waals surface area contributed by atoms with Crippen molar-refractivity contribution in [3.63, 3.8) is 0 Å². The molecule has 1 aromatic carbocycles. The van der Waals surface area contributed by atoms with Gasteiger partial charge in [0, 0.05) is 24.0 Å². The smallest absolute Gasteiger partial charge is 0.142 e. The highest BCUT2D eigenvalue weighted by Gasteiger charge is 2.19. The van der Waals surface area contributed by atoms with Crippen molar-refractivity contribution in [3.8, 4) is 0 Å². The van der Waals surface area contributed by atoms with E-state index >= 15 is 0 Å². The van der Waals surface area contributed by atoms with Gasteiger partial charge in [0.15, 0.2) is 0 Å². The maximum atomic E-state index is 14.1. The van der Waals surface area contributed by atoms with Crippen LogP contribution in [0.2, 0.25) is 10.0 Å². The summed E-state index contributed by atoms with van der Waals surface area (Å²) in [7, 11) is 0. The normalized spacial score (nSPS) is 12.4. The van der Waals surface area contributed by atoms with Crippen LogP contribution in [0.5, 0.6) is 0 Å². The van der Waals surface area contributed by atoms with Crippen LogP contribution < -0.4 is 5.32 Å². The molecule has 2 aromatic rings. The first-order valence-electron chi connectivity index (χ1n) is 6.49. The maximum Gasteiger partial charge on any atom is 0.142 e. The van der Waals surface area contributed by atoms with Gasteiger partial charge < -0.3 is 5.32 Å². The third-order valence-electron chi connectivity index (χ3n) is 3.15. The van der Waals surface area contributed by atoms with E-state index in [1.807, 2.05) is 6.92 Å². The highest BCUT2D eigenvalue weighted by molar-refractivity contribution is 6.31. The van der Waals surface area contributed by atoms with Gasteiger partial charge in [-0.05, 0) is 36.7 Å². The predicted molar refractivity (Wildman–Crippen MR) is 80.7 cm³/mol. The zero-order valence-corrected chi connectivity index (χ0v) is 12.8. The second-order valence-electron chi connectivity index (χ2n) is 4.57. The Morgan fingerprint density at radius 1 is 1.19 bits per heavy atom. The topological polar surface area (TPSA) is 24.9 Å². The molecule has 1 aromatic heterocycles. The number of benzene rings is 1. The lowest BCUT2D eigenvalue weighted by molar-refractivity contribution is 0.502. The van der Waals surface area contributed by atoms with Gasteiger partial charge in [-0.15, -0.1) is 0 Å². The zero-order valence-electron chi connectivity index (χ0n) is 11.3. The van der Waals surface area contributed by atoms with Gasteiger partial charge in [-0.1, -0.05) is 30.1 Å². The summed E-state index contributed by atoms with van der Waals surface area (Å²) in [5.41, 5.74) is 1.04. The zero-order chi connectivity index (χ0) is 15.4. The second kappa shape index (κ2) is 7.16. The molecule has 0 aliphatic rings. The lowest BCUT2D eigenvalue weighted by Gasteiger charge is -2.20. The molecule has 0 spiro atoms. The van der Waals surface area contributed by atoms with Crippen LogP contribution in [-0.4, -0.2) is 11.5 Å². The van der Waals surface area contributed by atoms with Gasteiger partial charge in [-0.2, -0.15) is 0 Å². The van der Waals surface area contributed by atoms with Crippen molar-refractivity contribution in [2.45, 2.75) is 19.4 Å². The molecule has 1 unspecified atom stereocenters. The van der Waals surface area contributed by atoms with Crippen molar-refractivity contribution < 1.29 is 8.78 Å². The van der Waals surface area contributed by atoms with Crippen LogP contribution in [0.4, 0.5) is 8.78 Å². The molecular formula is C15H14Cl2F2N2. The Kier molecular flexibility index (Phi) is 5.51. The van der Waals surface area contributed by atoms with Gasteiger partial charge in [0.1, 0.15) is 11.6 Å². The van der Waals surface area contributed by atoms with E-state index in [2.05, 4.69) is 10.3 Å². The number of pyridine rings is 1. The van der Waals surface area contributed by atoms with Gasteiger partial charge in [0.25, 0.3) is 0 Å². The van der Waals surface area contributed by atoms with Crippen LogP contribution >= 0.6 is 23.2 Å². The summed E-state index contributed by atoms with van der Waals surface area (Å²) in [4.78, 5) is 3.91. The van der Waals surface area contributed by atoms with Crippen LogP contribution in [0.25, 0.3) is 0 Å². The largest absolute Gasteiger partial charge is 0.310 e. The quantitative estimate of drug-likeness (QED) is 0.813. The molecule has 1 heterocycles. The van der Waals surface area contributed by atoms with Crippen molar-refractivity contribution >= 4 is 23.2 Å². The minimum Gasteiger partial charge on any atom is -0.310 e. The number of hydrogen-bond acceptors (Lipinski definition) is 2. The molecule has 1 N–H and O–H groups in total. The van der Waals surface area contributed by atoms with Crippen LogP contribution in [-0.2, 0) is 6.42 Å². The fourth-order valence-electron chi connectivity index (χ4n) is 2.13. The summed E-state index contributed by atoms with van der Waals surface area (Å²) in [5, 5.41) is 3.40. The van der Waals surface area contributed by atoms with E-state index in [4.69, 9.17) is 23.2 Å². The Balaban J connectivity index is 2.35. The van der Waals surface area contributed by atoms with Crippen molar-refractivity contribution in [1.82, 2.24) is 10.3 Å². The number of nitrogens with one attached hydrogen (secondary N) is 1. The van der Waals surface area contributed by atoms with Crippen LogP contribution in [0.3, 0.4) is 0 Å². The first-order valence-corrected chi connectivity index (χ1v) is 7.24. The Bertz CT molecular complexity index is 635. The van der Waals surface area contributed by atoms with E-state index in [1.54, 1.807) is 12.3 Å². The lowest BCUT2D eigenvalue weighted by Crippen LogP contribution is -2.24. The first kappa shape index (κ1) is 16.1. The third-order valence-corrected chi connectivity index (χ3v) is 3.78. The molecule has 2 nitrogen and oxygen atoms in total. The molecule has 21 heavy (non-hydrogen) atoms. The van der Waals surface area contributed by atoms with E-state index in [9.17, 15) is 8.78 Å². The van der Waals surface area contributed by atoms with Crippen molar-refractivity contribution in [3.05, 3.63) is 63.4 Å². The Morgan fingerprint density at radius 3 is 2.62 bits per heavy atom. The first-order chi connectivity index (χ1) is 10.0. The highest BCUT2D eigenvalue weighted by atomic mass is 35.5. The number of halogens is 4. The molecule has 0 saturated carbocycles. The van der Waals surface area contributed by atoms with E-state index in [0.717, 1.165) is 17.7 Å². The van der Waals surface area contributed by atoms with Crippen molar-refractivity contribution in [1.29, 1.82) is 0 Å². The van der Waals surface area contributed by atoms with Crippen molar-refractivity contribution in [2.24, 2.45) is 0 Å². The molecule has 6 heteroatoms. The van der Waals surface area contributed by atoms with Gasteiger partial charge in [0.05, 0.1) is 10.0 Å². The molecule has 0 amide bonds. The fourth-order valence-corrected chi connectivity index (χ4v) is 2.48. The molecule has 1 atom stereocenters. The average Bonchev–Trinajstić information content (AvgIpc) is 2.45. The molecule has 0 radical (unpaired) electrons. The summed E-state index contributed by atoms with van der Waals surface area (Å²) in [6.45, 7) is 2.50. The molecular weight excluding hydrogens is 317 g/mol. The minimum atomic E-state index is -0.642. The standard InChI is InChI=1S/C15H14Cl2F2N2/c1-2-21-15(5-9-3-4-20-8-12(9)17)10-6-14(19)11(16)7-13(10)18/h3-4,6-8,15,21H,2,5H2,1H3. The summed E-state index contributed by atoms with van der Waals surface area (Å²) < 4.78 is 27.7. The SMILES string of the molecule is CCNC(Cc1ccncc1Cl)c1cc(F)c(Cl)cc1F. The molecule has 0 saturated heterocycles. The molecule has 0 aliphatic carbocycles. The third kappa shape index (κ3) is 3.90. The van der Waals surface area contributed by atoms with Crippen LogP contribution in [0.15, 0.2) is 30.6 Å². The number of aromatic nitrogens is 1. The predicted octanol–water partition coefficient (Wildman–Crippen LogP) is 4.56. The van der Waals surface area contributed by atoms with Gasteiger partial charge in [-0.3, -0.25) is 4.98 Å². The summed E-state index contributed by atoms with van der Waals surface area (Å²) >= 11 is 11.7. The average molecular weight is 331 g/mol. The number of hydrogen-bond donors (Lipinski definition) is 1. The van der Waals surface area contributed by atoms with E-state index in [1.165, 1.54) is 6.20 Å². The molecule has 0 fully saturated rings. The number of likely N-dealkylation sites (N-methyl/N-ethyl adjacent to an activating group) is 1. The van der Waals surface area contributed by atoms with Crippen LogP contribution in [0.1, 0.15) is 24.1 Å². The fraction of sp³-hybridized carbons (Fsp3) is 0.267. The number of nitrogens with zero attached hydrogens (tertiary/aromatic N) is 1. The molecule has 0 bridgehead atoms. The summed E-state index contributed by atoms with van der Waals surface area (Å²) in [6.07, 6.45) is 3.56. The van der Waals surface area contributed by atoms with E-state index in [0.29, 0.717) is 18.0 Å². The lowest BCUT2D eigenvalue weighted by atomic mass is 9.98. The monoisotopic (exact) mass is 330 g/mol. The molecule has 0 aliphatic heterocycles. The van der Waals surface area contributed by atoms with Crippen molar-refractivity contribution in [2.75, 3.05) is 6.54 Å². The van der Waals surface area contributed by atoms with E-state index < -0.39 is 17.7 Å². The summed E-state index contributed by atoms with van der Waals surface area (Å²) in [5.74, 6) is -1.19. The van der Waals surface area contributed by atoms with Crippen LogP contribution in [0, 0.1) is 11.6 Å². The highest BCUT2D eigenvalue weighted by Crippen LogP contribution is 2.28. The second-order valence-corrected chi connectivity index (χ2v) is 5.38. The number of rotatable bonds is 5. The Labute approximate surface area is 132 Å². The Morgan fingerprint density at radius 2 is 1.95 bits per heavy atom.